The number of hydrogen-bond donors (Lipinski definition) is 2. The van der Waals surface area contributed by atoms with E-state index in [2.05, 4.69) is 0 Å². The molecule has 8 nitrogen and oxygen atoms in total. The summed E-state index contributed by atoms with van der Waals surface area (Å²) in [7, 11) is 0. The van der Waals surface area contributed by atoms with Crippen LogP contribution in [0.5, 0.6) is 0 Å². The third-order valence-corrected chi connectivity index (χ3v) is 2.59. The van der Waals surface area contributed by atoms with E-state index in [0.717, 1.165) is 13.8 Å². The molecule has 4 atom stereocenters. The van der Waals surface area contributed by atoms with Gasteiger partial charge in [-0.1, -0.05) is 0 Å². The zero-order valence-corrected chi connectivity index (χ0v) is 10.6. The molecule has 1 saturated heterocycles. The third-order valence-electron chi connectivity index (χ3n) is 2.59. The predicted octanol–water partition coefficient (Wildman–Crippen LogP) is -0.711. The molecule has 0 amide bonds. The minimum Gasteiger partial charge on any atom is -0.481 e. The number of esters is 2. The molecule has 0 spiro atoms. The summed E-state index contributed by atoms with van der Waals surface area (Å²) in [6, 6.07) is 0. The van der Waals surface area contributed by atoms with Crippen molar-refractivity contribution in [2.75, 3.05) is 6.61 Å². The van der Waals surface area contributed by atoms with Gasteiger partial charge >= 0.3 is 17.9 Å². The van der Waals surface area contributed by atoms with Gasteiger partial charge in [0, 0.05) is 19.8 Å². The van der Waals surface area contributed by atoms with Gasteiger partial charge in [-0.15, -0.1) is 0 Å². The fourth-order valence-corrected chi connectivity index (χ4v) is 1.91. The van der Waals surface area contributed by atoms with Crippen LogP contribution in [0, 0.1) is 5.92 Å². The average Bonchev–Trinajstić information content (AvgIpc) is 2.25. The van der Waals surface area contributed by atoms with Gasteiger partial charge in [-0.25, -0.2) is 0 Å². The fourth-order valence-electron chi connectivity index (χ4n) is 1.91. The number of carboxylic acids is 1. The monoisotopic (exact) mass is 276 g/mol. The summed E-state index contributed by atoms with van der Waals surface area (Å²) < 4.78 is 14.8. The number of ether oxygens (including phenoxy) is 3. The molecule has 0 radical (unpaired) electrons. The van der Waals surface area contributed by atoms with Crippen molar-refractivity contribution in [3.8, 4) is 0 Å². The van der Waals surface area contributed by atoms with E-state index in [1.54, 1.807) is 0 Å². The summed E-state index contributed by atoms with van der Waals surface area (Å²) >= 11 is 0. The molecule has 108 valence electrons. The lowest BCUT2D eigenvalue weighted by Gasteiger charge is -2.38. The van der Waals surface area contributed by atoms with Gasteiger partial charge in [-0.05, 0) is 0 Å². The number of aliphatic hydroxyl groups excluding tert-OH is 1. The van der Waals surface area contributed by atoms with Crippen molar-refractivity contribution in [1.82, 2.24) is 0 Å². The largest absolute Gasteiger partial charge is 0.481 e. The Bertz CT molecular complexity index is 366. The van der Waals surface area contributed by atoms with Crippen LogP contribution < -0.4 is 0 Å². The molecular formula is C11H16O8. The van der Waals surface area contributed by atoms with E-state index in [4.69, 9.17) is 19.3 Å². The first-order valence-corrected chi connectivity index (χ1v) is 5.67. The lowest BCUT2D eigenvalue weighted by Crippen LogP contribution is -2.54. The number of hydrogen-bond acceptors (Lipinski definition) is 7. The Kier molecular flexibility index (Phi) is 5.25. The van der Waals surface area contributed by atoms with Gasteiger partial charge in [0.15, 0.2) is 12.4 Å². The van der Waals surface area contributed by atoms with Crippen molar-refractivity contribution in [3.05, 3.63) is 0 Å². The summed E-state index contributed by atoms with van der Waals surface area (Å²) in [5, 5.41) is 18.4. The smallest absolute Gasteiger partial charge is 0.303 e. The molecule has 0 aromatic carbocycles. The lowest BCUT2D eigenvalue weighted by atomic mass is 9.92. The van der Waals surface area contributed by atoms with Gasteiger partial charge in [-0.3, -0.25) is 14.4 Å². The zero-order valence-electron chi connectivity index (χ0n) is 10.6. The fraction of sp³-hybridized carbons (Fsp3) is 0.727. The van der Waals surface area contributed by atoms with E-state index < -0.39 is 42.3 Å². The average molecular weight is 276 g/mol. The summed E-state index contributed by atoms with van der Waals surface area (Å²) in [5.41, 5.74) is 0. The number of carboxylic acid groups (broad SMARTS) is 1. The van der Waals surface area contributed by atoms with Gasteiger partial charge < -0.3 is 24.4 Å². The molecule has 19 heavy (non-hydrogen) atoms. The van der Waals surface area contributed by atoms with Crippen LogP contribution >= 0.6 is 0 Å². The Hall–Kier alpha value is -1.67. The second-order valence-corrected chi connectivity index (χ2v) is 4.23. The molecule has 0 saturated carbocycles. The Morgan fingerprint density at radius 2 is 1.68 bits per heavy atom. The van der Waals surface area contributed by atoms with Crippen LogP contribution in [-0.2, 0) is 28.6 Å². The van der Waals surface area contributed by atoms with Crippen LogP contribution in [0.3, 0.4) is 0 Å². The van der Waals surface area contributed by atoms with Gasteiger partial charge in [0.2, 0.25) is 0 Å². The number of aliphatic carboxylic acids is 1. The molecule has 1 unspecified atom stereocenters. The molecular weight excluding hydrogens is 260 g/mol. The third kappa shape index (κ3) is 4.49. The van der Waals surface area contributed by atoms with Crippen LogP contribution in [-0.4, -0.2) is 53.2 Å². The highest BCUT2D eigenvalue weighted by atomic mass is 16.7. The summed E-state index contributed by atoms with van der Waals surface area (Å²) in [4.78, 5) is 32.8. The van der Waals surface area contributed by atoms with E-state index in [1.165, 1.54) is 0 Å². The number of aliphatic hydroxyl groups is 1. The molecule has 8 heteroatoms. The molecule has 0 aromatic rings. The molecule has 2 N–H and O–H groups in total. The first kappa shape index (κ1) is 15.4. The van der Waals surface area contributed by atoms with Gasteiger partial charge in [0.25, 0.3) is 0 Å². The molecule has 0 aromatic heterocycles. The Morgan fingerprint density at radius 1 is 1.16 bits per heavy atom. The van der Waals surface area contributed by atoms with Crippen LogP contribution in [0.15, 0.2) is 0 Å². The molecule has 1 fully saturated rings. The SMILES string of the molecule is CC(=O)O[C@H]1[C@H](CC(=O)O)COC(O)[C@@H]1OC(C)=O. The molecule has 0 aliphatic carbocycles. The molecule has 1 heterocycles. The van der Waals surface area contributed by atoms with Gasteiger partial charge in [0.05, 0.1) is 13.0 Å². The minimum absolute atomic E-state index is 0.108. The first-order chi connectivity index (χ1) is 8.81. The second kappa shape index (κ2) is 6.48. The number of carbonyl (C=O) groups is 3. The van der Waals surface area contributed by atoms with Crippen LogP contribution in [0.25, 0.3) is 0 Å². The zero-order chi connectivity index (χ0) is 14.6. The van der Waals surface area contributed by atoms with Crippen molar-refractivity contribution in [2.24, 2.45) is 5.92 Å². The number of rotatable bonds is 4. The molecule has 0 bridgehead atoms. The van der Waals surface area contributed by atoms with Crippen molar-refractivity contribution in [2.45, 2.75) is 38.8 Å². The first-order valence-electron chi connectivity index (χ1n) is 5.67. The van der Waals surface area contributed by atoms with E-state index in [-0.39, 0.29) is 13.0 Å². The van der Waals surface area contributed by atoms with Crippen LogP contribution in [0.2, 0.25) is 0 Å². The van der Waals surface area contributed by atoms with Gasteiger partial charge in [-0.2, -0.15) is 0 Å². The highest BCUT2D eigenvalue weighted by Gasteiger charge is 2.45. The number of carbonyl (C=O) groups excluding carboxylic acids is 2. The summed E-state index contributed by atoms with van der Waals surface area (Å²) in [6.45, 7) is 2.16. The van der Waals surface area contributed by atoms with Crippen molar-refractivity contribution in [1.29, 1.82) is 0 Å². The van der Waals surface area contributed by atoms with Gasteiger partial charge in [0.1, 0.15) is 6.10 Å². The van der Waals surface area contributed by atoms with E-state index in [9.17, 15) is 19.5 Å². The normalized spacial score (nSPS) is 30.5. The van der Waals surface area contributed by atoms with E-state index in [1.807, 2.05) is 0 Å². The molecule has 1 rings (SSSR count). The lowest BCUT2D eigenvalue weighted by molar-refractivity contribution is -0.254. The Labute approximate surface area is 109 Å². The van der Waals surface area contributed by atoms with E-state index >= 15 is 0 Å². The quantitative estimate of drug-likeness (QED) is 0.646. The van der Waals surface area contributed by atoms with E-state index in [0.29, 0.717) is 0 Å². The van der Waals surface area contributed by atoms with Crippen molar-refractivity contribution < 1.29 is 38.8 Å². The standard InChI is InChI=1S/C11H16O8/c1-5(12)18-9-7(3-8(14)15)4-17-11(16)10(9)19-6(2)13/h7,9-11,16H,3-4H2,1-2H3,(H,14,15)/t7-,9+,10-,11?/m1/s1. The maximum Gasteiger partial charge on any atom is 0.303 e. The molecule has 1 aliphatic rings. The predicted molar refractivity (Wildman–Crippen MR) is 58.8 cm³/mol. The maximum atomic E-state index is 11.0. The minimum atomic E-state index is -1.46. The molecule has 1 aliphatic heterocycles. The van der Waals surface area contributed by atoms with Crippen molar-refractivity contribution >= 4 is 17.9 Å². The van der Waals surface area contributed by atoms with Crippen LogP contribution in [0.4, 0.5) is 0 Å². The second-order valence-electron chi connectivity index (χ2n) is 4.23. The van der Waals surface area contributed by atoms with Crippen LogP contribution in [0.1, 0.15) is 20.3 Å². The van der Waals surface area contributed by atoms with Crippen molar-refractivity contribution in [3.63, 3.8) is 0 Å². The maximum absolute atomic E-state index is 11.0. The topological polar surface area (TPSA) is 119 Å². The highest BCUT2D eigenvalue weighted by molar-refractivity contribution is 5.69. The Balaban J connectivity index is 2.89. The Morgan fingerprint density at radius 3 is 2.16 bits per heavy atom. The summed E-state index contributed by atoms with van der Waals surface area (Å²) in [6.07, 6.45) is -4.08. The summed E-state index contributed by atoms with van der Waals surface area (Å²) in [5.74, 6) is -3.16. The highest BCUT2D eigenvalue weighted by Crippen LogP contribution is 2.27.